The normalized spacial score (nSPS) is 17.5. The van der Waals surface area contributed by atoms with Crippen LogP contribution in [0.25, 0.3) is 11.3 Å². The minimum Gasteiger partial charge on any atom is -0.397 e. The van der Waals surface area contributed by atoms with Gasteiger partial charge in [-0.25, -0.2) is 0 Å². The average molecular weight is 306 g/mol. The Morgan fingerprint density at radius 2 is 2.09 bits per heavy atom. The molecule has 0 radical (unpaired) electrons. The molecule has 0 aliphatic carbocycles. The number of anilines is 1. The number of rotatable bonds is 2. The van der Waals surface area contributed by atoms with Crippen LogP contribution in [-0.4, -0.2) is 28.9 Å². The van der Waals surface area contributed by atoms with E-state index >= 15 is 0 Å². The van der Waals surface area contributed by atoms with Crippen molar-refractivity contribution in [3.05, 3.63) is 48.2 Å². The number of amides is 1. The Kier molecular flexibility index (Phi) is 4.24. The van der Waals surface area contributed by atoms with E-state index in [4.69, 9.17) is 11.0 Å². The van der Waals surface area contributed by atoms with Gasteiger partial charge in [0.25, 0.3) is 5.91 Å². The Labute approximate surface area is 135 Å². The van der Waals surface area contributed by atoms with Crippen LogP contribution < -0.4 is 5.73 Å². The maximum atomic E-state index is 12.6. The van der Waals surface area contributed by atoms with Crippen LogP contribution in [0.2, 0.25) is 0 Å². The van der Waals surface area contributed by atoms with Crippen LogP contribution in [0.1, 0.15) is 23.2 Å². The second-order valence-electron chi connectivity index (χ2n) is 5.74. The number of hydrogen-bond acceptors (Lipinski definition) is 4. The Balaban J connectivity index is 1.78. The van der Waals surface area contributed by atoms with E-state index in [1.165, 1.54) is 0 Å². The molecule has 0 saturated carbocycles. The van der Waals surface area contributed by atoms with Crippen molar-refractivity contribution in [2.75, 3.05) is 18.8 Å². The Bertz CT molecular complexity index is 748. The minimum atomic E-state index is -0.0553. The topological polar surface area (TPSA) is 83.0 Å². The summed E-state index contributed by atoms with van der Waals surface area (Å²) in [6.07, 6.45) is 3.45. The molecule has 1 aliphatic heterocycles. The molecule has 5 nitrogen and oxygen atoms in total. The van der Waals surface area contributed by atoms with E-state index in [1.807, 2.05) is 12.1 Å². The van der Waals surface area contributed by atoms with Gasteiger partial charge in [0.05, 0.1) is 23.4 Å². The molecule has 5 heteroatoms. The third-order valence-corrected chi connectivity index (χ3v) is 4.14. The molecule has 1 saturated heterocycles. The van der Waals surface area contributed by atoms with Gasteiger partial charge in [0, 0.05) is 30.4 Å². The number of aromatic nitrogens is 1. The lowest BCUT2D eigenvalue weighted by Crippen LogP contribution is -2.39. The summed E-state index contributed by atoms with van der Waals surface area (Å²) in [5.74, 6) is -0.0780. The standard InChI is InChI=1S/C18H18N4O/c19-11-13-3-2-10-22(12-13)18(23)15-7-5-14(6-8-15)17-16(20)4-1-9-21-17/h1,4-9,13H,2-3,10,12,20H2/t13-/m1/s1. The molecule has 1 aromatic carbocycles. The number of nitrogens with two attached hydrogens (primary N) is 1. The molecule has 1 fully saturated rings. The van der Waals surface area contributed by atoms with Gasteiger partial charge in [-0.1, -0.05) is 12.1 Å². The Hall–Kier alpha value is -2.87. The molecule has 1 amide bonds. The van der Waals surface area contributed by atoms with Crippen LogP contribution in [0.3, 0.4) is 0 Å². The fourth-order valence-corrected chi connectivity index (χ4v) is 2.88. The molecular weight excluding hydrogens is 288 g/mol. The zero-order valence-corrected chi connectivity index (χ0v) is 12.8. The van der Waals surface area contributed by atoms with Crippen LogP contribution in [0.15, 0.2) is 42.6 Å². The summed E-state index contributed by atoms with van der Waals surface area (Å²) >= 11 is 0. The number of piperidine rings is 1. The van der Waals surface area contributed by atoms with Gasteiger partial charge in [0.15, 0.2) is 0 Å². The first-order valence-corrected chi connectivity index (χ1v) is 7.69. The number of nitrogens with zero attached hydrogens (tertiary/aromatic N) is 3. The Morgan fingerprint density at radius 1 is 1.30 bits per heavy atom. The molecule has 23 heavy (non-hydrogen) atoms. The number of benzene rings is 1. The van der Waals surface area contributed by atoms with Gasteiger partial charge in [0.1, 0.15) is 0 Å². The predicted molar refractivity (Wildman–Crippen MR) is 88.3 cm³/mol. The van der Waals surface area contributed by atoms with Crippen LogP contribution >= 0.6 is 0 Å². The zero-order chi connectivity index (χ0) is 16.2. The summed E-state index contributed by atoms with van der Waals surface area (Å²) in [5, 5.41) is 9.04. The summed E-state index contributed by atoms with van der Waals surface area (Å²) in [5.41, 5.74) is 8.77. The van der Waals surface area contributed by atoms with E-state index in [9.17, 15) is 4.79 Å². The number of nitriles is 1. The van der Waals surface area contributed by atoms with Crippen molar-refractivity contribution in [3.8, 4) is 17.3 Å². The van der Waals surface area contributed by atoms with Gasteiger partial charge >= 0.3 is 0 Å². The summed E-state index contributed by atoms with van der Waals surface area (Å²) in [6, 6.07) is 13.2. The molecule has 1 aromatic heterocycles. The van der Waals surface area contributed by atoms with Crippen LogP contribution in [-0.2, 0) is 0 Å². The molecule has 0 unspecified atom stereocenters. The largest absolute Gasteiger partial charge is 0.397 e. The van der Waals surface area contributed by atoms with Gasteiger partial charge in [-0.3, -0.25) is 9.78 Å². The van der Waals surface area contributed by atoms with Crippen molar-refractivity contribution in [2.45, 2.75) is 12.8 Å². The highest BCUT2D eigenvalue weighted by atomic mass is 16.2. The maximum Gasteiger partial charge on any atom is 0.253 e. The molecule has 2 N–H and O–H groups in total. The molecule has 0 bridgehead atoms. The lowest BCUT2D eigenvalue weighted by Gasteiger charge is -2.29. The Morgan fingerprint density at radius 3 is 2.78 bits per heavy atom. The monoisotopic (exact) mass is 306 g/mol. The lowest BCUT2D eigenvalue weighted by atomic mass is 9.98. The van der Waals surface area contributed by atoms with Crippen molar-refractivity contribution >= 4 is 11.6 Å². The number of likely N-dealkylation sites (tertiary alicyclic amines) is 1. The van der Waals surface area contributed by atoms with E-state index in [-0.39, 0.29) is 11.8 Å². The van der Waals surface area contributed by atoms with E-state index in [0.29, 0.717) is 30.0 Å². The number of carbonyl (C=O) groups is 1. The number of nitrogen functional groups attached to an aromatic ring is 1. The summed E-state index contributed by atoms with van der Waals surface area (Å²) in [4.78, 5) is 18.6. The second-order valence-corrected chi connectivity index (χ2v) is 5.74. The smallest absolute Gasteiger partial charge is 0.253 e. The van der Waals surface area contributed by atoms with Crippen LogP contribution in [0, 0.1) is 17.2 Å². The first-order chi connectivity index (χ1) is 11.2. The van der Waals surface area contributed by atoms with Crippen LogP contribution in [0.4, 0.5) is 5.69 Å². The van der Waals surface area contributed by atoms with Gasteiger partial charge in [0.2, 0.25) is 0 Å². The fourth-order valence-electron chi connectivity index (χ4n) is 2.88. The molecule has 0 spiro atoms. The molecule has 2 heterocycles. The van der Waals surface area contributed by atoms with Crippen molar-refractivity contribution in [3.63, 3.8) is 0 Å². The maximum absolute atomic E-state index is 12.6. The van der Waals surface area contributed by atoms with Gasteiger partial charge in [-0.05, 0) is 37.1 Å². The number of hydrogen-bond donors (Lipinski definition) is 1. The van der Waals surface area contributed by atoms with Crippen molar-refractivity contribution in [1.82, 2.24) is 9.88 Å². The molecular formula is C18H18N4O. The third-order valence-electron chi connectivity index (χ3n) is 4.14. The van der Waals surface area contributed by atoms with Crippen LogP contribution in [0.5, 0.6) is 0 Å². The van der Waals surface area contributed by atoms with Crippen molar-refractivity contribution in [2.24, 2.45) is 5.92 Å². The number of pyridine rings is 1. The van der Waals surface area contributed by atoms with E-state index in [2.05, 4.69) is 11.1 Å². The highest BCUT2D eigenvalue weighted by Gasteiger charge is 2.24. The van der Waals surface area contributed by atoms with E-state index in [1.54, 1.807) is 35.4 Å². The van der Waals surface area contributed by atoms with Gasteiger partial charge in [-0.15, -0.1) is 0 Å². The molecule has 116 valence electrons. The van der Waals surface area contributed by atoms with Gasteiger partial charge < -0.3 is 10.6 Å². The number of carbonyl (C=O) groups excluding carboxylic acids is 1. The summed E-state index contributed by atoms with van der Waals surface area (Å²) < 4.78 is 0. The summed E-state index contributed by atoms with van der Waals surface area (Å²) in [7, 11) is 0. The highest BCUT2D eigenvalue weighted by molar-refractivity contribution is 5.95. The third kappa shape index (κ3) is 3.16. The molecule has 1 atom stereocenters. The average Bonchev–Trinajstić information content (AvgIpc) is 2.62. The van der Waals surface area contributed by atoms with Gasteiger partial charge in [-0.2, -0.15) is 5.26 Å². The first kappa shape index (κ1) is 15.0. The van der Waals surface area contributed by atoms with E-state index in [0.717, 1.165) is 18.4 Å². The zero-order valence-electron chi connectivity index (χ0n) is 12.8. The minimum absolute atomic E-state index is 0.0227. The lowest BCUT2D eigenvalue weighted by molar-refractivity contribution is 0.0699. The summed E-state index contributed by atoms with van der Waals surface area (Å²) in [6.45, 7) is 1.23. The highest BCUT2D eigenvalue weighted by Crippen LogP contribution is 2.24. The second kappa shape index (κ2) is 6.49. The predicted octanol–water partition coefficient (Wildman–Crippen LogP) is 2.71. The quantitative estimate of drug-likeness (QED) is 0.924. The molecule has 2 aromatic rings. The van der Waals surface area contributed by atoms with Crippen molar-refractivity contribution < 1.29 is 4.79 Å². The molecule has 1 aliphatic rings. The van der Waals surface area contributed by atoms with E-state index < -0.39 is 0 Å². The SMILES string of the molecule is N#C[C@H]1CCCN(C(=O)c2ccc(-c3ncccc3N)cc2)C1. The molecule has 3 rings (SSSR count). The first-order valence-electron chi connectivity index (χ1n) is 7.69. The fraction of sp³-hybridized carbons (Fsp3) is 0.278. The van der Waals surface area contributed by atoms with Crippen molar-refractivity contribution in [1.29, 1.82) is 5.26 Å².